The van der Waals surface area contributed by atoms with Crippen molar-refractivity contribution >= 4 is 32.4 Å². The molecule has 0 amide bonds. The molecule has 0 bridgehead atoms. The predicted octanol–water partition coefficient (Wildman–Crippen LogP) is 4.49. The van der Waals surface area contributed by atoms with Crippen LogP contribution in [0.2, 0.25) is 0 Å². The number of hydrogen-bond acceptors (Lipinski definition) is 2. The lowest BCUT2D eigenvalue weighted by atomic mass is 10.1. The van der Waals surface area contributed by atoms with Crippen LogP contribution in [0.25, 0.3) is 0 Å². The maximum atomic E-state index is 13.5. The van der Waals surface area contributed by atoms with Crippen LogP contribution in [0.4, 0.5) is 39.5 Å². The maximum Gasteiger partial charge on any atom is 0.460 e. The second-order valence-corrected chi connectivity index (χ2v) is 7.36. The largest absolute Gasteiger partial charge is 0.460 e. The minimum absolute atomic E-state index is 0.275. The van der Waals surface area contributed by atoms with E-state index in [1.807, 2.05) is 0 Å². The van der Waals surface area contributed by atoms with Gasteiger partial charge in [0.1, 0.15) is 0 Å². The summed E-state index contributed by atoms with van der Waals surface area (Å²) in [5.74, 6) is -14.5. The third-order valence-corrected chi connectivity index (χ3v) is 5.12. The summed E-state index contributed by atoms with van der Waals surface area (Å²) in [6.45, 7) is 0. The molecule has 0 saturated carbocycles. The van der Waals surface area contributed by atoms with Gasteiger partial charge in [0, 0.05) is 3.57 Å². The summed E-state index contributed by atoms with van der Waals surface area (Å²) in [5, 5.41) is -6.70. The van der Waals surface area contributed by atoms with Gasteiger partial charge in [0.05, 0.1) is 4.90 Å². The van der Waals surface area contributed by atoms with E-state index < -0.39 is 38.0 Å². The van der Waals surface area contributed by atoms with E-state index in [2.05, 4.69) is 0 Å². The fourth-order valence-electron chi connectivity index (χ4n) is 1.29. The van der Waals surface area contributed by atoms with Gasteiger partial charge in [0.2, 0.25) is 9.84 Å². The molecule has 0 radical (unpaired) electrons. The van der Waals surface area contributed by atoms with Crippen molar-refractivity contribution in [1.29, 1.82) is 0 Å². The molecule has 0 heterocycles. The van der Waals surface area contributed by atoms with Gasteiger partial charge in [0.15, 0.2) is 0 Å². The fraction of sp³-hybridized carbons (Fsp3) is 0.400. The number of benzene rings is 1. The van der Waals surface area contributed by atoms with E-state index in [9.17, 15) is 47.9 Å². The minimum atomic E-state index is -7.26. The van der Waals surface area contributed by atoms with E-state index in [0.29, 0.717) is 12.1 Å². The molecule has 0 aliphatic rings. The zero-order valence-corrected chi connectivity index (χ0v) is 13.3. The van der Waals surface area contributed by atoms with Gasteiger partial charge in [-0.1, -0.05) is 0 Å². The van der Waals surface area contributed by atoms with Gasteiger partial charge in [-0.3, -0.25) is 0 Å². The summed E-state index contributed by atoms with van der Waals surface area (Å²) in [4.78, 5) is -1.53. The number of halogens is 10. The van der Waals surface area contributed by atoms with Crippen LogP contribution in [0.3, 0.4) is 0 Å². The molecule has 2 nitrogen and oxygen atoms in total. The first-order valence-corrected chi connectivity index (χ1v) is 7.76. The Morgan fingerprint density at radius 1 is 0.739 bits per heavy atom. The topological polar surface area (TPSA) is 34.1 Å². The molecule has 1 aromatic rings. The Kier molecular flexibility index (Phi) is 5.01. The minimum Gasteiger partial charge on any atom is -0.217 e. The van der Waals surface area contributed by atoms with Crippen molar-refractivity contribution in [3.63, 3.8) is 0 Å². The Balaban J connectivity index is 3.53. The summed E-state index contributed by atoms with van der Waals surface area (Å²) in [6.07, 6.45) is -7.08. The lowest BCUT2D eigenvalue weighted by molar-refractivity contribution is -0.382. The highest BCUT2D eigenvalue weighted by molar-refractivity contribution is 14.1. The standard InChI is InChI=1S/C10H4F9IO2S/c11-7(12,9(15,16)17)8(13,14)10(18,19)23(21,22)6-3-1-5(20)2-4-6/h1-4H. The van der Waals surface area contributed by atoms with Crippen LogP contribution in [-0.4, -0.2) is 31.7 Å². The van der Waals surface area contributed by atoms with Gasteiger partial charge in [0.25, 0.3) is 0 Å². The Hall–Kier alpha value is -0.730. The smallest absolute Gasteiger partial charge is 0.217 e. The van der Waals surface area contributed by atoms with E-state index in [1.165, 1.54) is 0 Å². The summed E-state index contributed by atoms with van der Waals surface area (Å²) in [7, 11) is -6.52. The molecule has 1 aromatic carbocycles. The van der Waals surface area contributed by atoms with Gasteiger partial charge in [-0.25, -0.2) is 8.42 Å². The predicted molar refractivity (Wildman–Crippen MR) is 67.2 cm³/mol. The first kappa shape index (κ1) is 20.3. The summed E-state index contributed by atoms with van der Waals surface area (Å²) < 4.78 is 138. The van der Waals surface area contributed by atoms with Crippen LogP contribution in [0, 0.1) is 3.57 Å². The van der Waals surface area contributed by atoms with Crippen LogP contribution < -0.4 is 0 Å². The molecule has 1 rings (SSSR count). The molecule has 13 heteroatoms. The molecule has 0 aliphatic carbocycles. The van der Waals surface area contributed by atoms with Crippen LogP contribution in [-0.2, 0) is 9.84 Å². The molecule has 0 unspecified atom stereocenters. The second kappa shape index (κ2) is 5.67. The molecular weight excluding hydrogens is 482 g/mol. The van der Waals surface area contributed by atoms with Gasteiger partial charge in [-0.15, -0.1) is 0 Å². The van der Waals surface area contributed by atoms with Gasteiger partial charge in [-0.2, -0.15) is 39.5 Å². The number of alkyl halides is 9. The molecule has 0 aliphatic heterocycles. The van der Waals surface area contributed by atoms with Crippen molar-refractivity contribution in [3.05, 3.63) is 27.8 Å². The summed E-state index contributed by atoms with van der Waals surface area (Å²) >= 11 is 1.59. The van der Waals surface area contributed by atoms with Gasteiger partial charge in [-0.05, 0) is 46.9 Å². The third kappa shape index (κ3) is 3.00. The average Bonchev–Trinajstić information content (AvgIpc) is 2.37. The van der Waals surface area contributed by atoms with E-state index >= 15 is 0 Å². The molecule has 0 N–H and O–H groups in total. The Morgan fingerprint density at radius 3 is 1.48 bits per heavy atom. The molecule has 132 valence electrons. The van der Waals surface area contributed by atoms with Gasteiger partial charge >= 0.3 is 23.3 Å². The number of hydrogen-bond donors (Lipinski definition) is 0. The molecular formula is C10H4F9IO2S. The zero-order chi connectivity index (χ0) is 18.5. The fourth-order valence-corrected chi connectivity index (χ4v) is 2.91. The quantitative estimate of drug-likeness (QED) is 0.465. The molecule has 0 spiro atoms. The van der Waals surface area contributed by atoms with E-state index in [0.717, 1.165) is 12.1 Å². The average molecular weight is 486 g/mol. The van der Waals surface area contributed by atoms with Crippen molar-refractivity contribution in [2.75, 3.05) is 0 Å². The Bertz CT molecular complexity index is 679. The van der Waals surface area contributed by atoms with Crippen molar-refractivity contribution < 1.29 is 47.9 Å². The lowest BCUT2D eigenvalue weighted by Gasteiger charge is -2.33. The Morgan fingerprint density at radius 2 is 1.13 bits per heavy atom. The second-order valence-electron chi connectivity index (χ2n) is 4.12. The normalized spacial score (nSPS) is 14.9. The van der Waals surface area contributed by atoms with E-state index in [1.54, 1.807) is 22.6 Å². The molecule has 0 aromatic heterocycles. The first-order chi connectivity index (χ1) is 10.00. The first-order valence-electron chi connectivity index (χ1n) is 5.20. The van der Waals surface area contributed by atoms with Crippen molar-refractivity contribution in [2.24, 2.45) is 0 Å². The highest BCUT2D eigenvalue weighted by atomic mass is 127. The van der Waals surface area contributed by atoms with Crippen molar-refractivity contribution in [2.45, 2.75) is 28.2 Å². The number of rotatable bonds is 4. The monoisotopic (exact) mass is 486 g/mol. The van der Waals surface area contributed by atoms with Crippen LogP contribution in [0.5, 0.6) is 0 Å². The van der Waals surface area contributed by atoms with E-state index in [4.69, 9.17) is 0 Å². The molecule has 0 fully saturated rings. The SMILES string of the molecule is O=S(=O)(c1ccc(I)cc1)C(F)(F)C(F)(F)C(F)(F)C(F)(F)F. The Labute approximate surface area is 136 Å². The molecule has 0 atom stereocenters. The summed E-state index contributed by atoms with van der Waals surface area (Å²) in [5.41, 5.74) is 0. The highest BCUT2D eigenvalue weighted by Crippen LogP contribution is 2.55. The zero-order valence-electron chi connectivity index (χ0n) is 10.3. The van der Waals surface area contributed by atoms with E-state index in [-0.39, 0.29) is 3.57 Å². The molecule has 23 heavy (non-hydrogen) atoms. The maximum absolute atomic E-state index is 13.5. The summed E-state index contributed by atoms with van der Waals surface area (Å²) in [6, 6.07) is 2.49. The van der Waals surface area contributed by atoms with Crippen LogP contribution >= 0.6 is 22.6 Å². The van der Waals surface area contributed by atoms with Crippen molar-refractivity contribution in [1.82, 2.24) is 0 Å². The lowest BCUT2D eigenvalue weighted by Crippen LogP contribution is -2.63. The van der Waals surface area contributed by atoms with Crippen LogP contribution in [0.1, 0.15) is 0 Å². The van der Waals surface area contributed by atoms with Gasteiger partial charge < -0.3 is 0 Å². The van der Waals surface area contributed by atoms with Crippen molar-refractivity contribution in [3.8, 4) is 0 Å². The number of sulfone groups is 1. The highest BCUT2D eigenvalue weighted by Gasteiger charge is 2.85. The molecule has 0 saturated heterocycles. The third-order valence-electron chi connectivity index (χ3n) is 2.58. The van der Waals surface area contributed by atoms with Crippen LogP contribution in [0.15, 0.2) is 29.2 Å².